The van der Waals surface area contributed by atoms with Gasteiger partial charge in [-0.25, -0.2) is 8.78 Å². The number of amides is 2. The third-order valence-corrected chi connectivity index (χ3v) is 5.80. The molecule has 1 atom stereocenters. The Bertz CT molecular complexity index is 1230. The molecule has 0 saturated carbocycles. The van der Waals surface area contributed by atoms with Crippen molar-refractivity contribution in [2.24, 2.45) is 0 Å². The summed E-state index contributed by atoms with van der Waals surface area (Å²) in [4.78, 5) is 39.6. The minimum atomic E-state index is -0.768. The summed E-state index contributed by atoms with van der Waals surface area (Å²) in [5, 5.41) is 12.4. The van der Waals surface area contributed by atoms with Crippen LogP contribution in [0.25, 0.3) is 11.3 Å². The molecule has 2 amide bonds. The number of halogens is 2. The molecule has 0 aliphatic heterocycles. The highest BCUT2D eigenvalue weighted by Crippen LogP contribution is 2.26. The number of hydrogen-bond acceptors (Lipinski definition) is 6. The van der Waals surface area contributed by atoms with Gasteiger partial charge in [-0.2, -0.15) is 0 Å². The Labute approximate surface area is 192 Å². The Morgan fingerprint density at radius 3 is 2.52 bits per heavy atom. The molecule has 8 nitrogen and oxygen atoms in total. The fourth-order valence-corrected chi connectivity index (χ4v) is 3.69. The van der Waals surface area contributed by atoms with E-state index in [4.69, 9.17) is 0 Å². The van der Waals surface area contributed by atoms with Crippen molar-refractivity contribution in [1.29, 1.82) is 0 Å². The molecule has 172 valence electrons. The molecule has 3 rings (SSSR count). The molecule has 0 spiro atoms. The van der Waals surface area contributed by atoms with E-state index in [9.17, 15) is 23.2 Å². The summed E-state index contributed by atoms with van der Waals surface area (Å²) in [7, 11) is 0. The number of thioether (sulfide) groups is 1. The van der Waals surface area contributed by atoms with Crippen LogP contribution in [0.15, 0.2) is 52.4 Å². The van der Waals surface area contributed by atoms with E-state index in [0.717, 1.165) is 30.0 Å². The van der Waals surface area contributed by atoms with E-state index in [1.165, 1.54) is 0 Å². The first kappa shape index (κ1) is 24.1. The van der Waals surface area contributed by atoms with Crippen molar-refractivity contribution >= 4 is 35.0 Å². The van der Waals surface area contributed by atoms with Crippen LogP contribution >= 0.6 is 11.8 Å². The Kier molecular flexibility index (Phi) is 7.88. The molecule has 1 heterocycles. The monoisotopic (exact) mass is 473 g/mol. The third-order valence-electron chi connectivity index (χ3n) is 4.56. The number of anilines is 2. The molecule has 0 fully saturated rings. The number of para-hydroxylation sites is 1. The smallest absolute Gasteiger partial charge is 0.278 e. The SMILES string of the molecule is CCC(=O)Nc1ccccc1-c1nnc(S[C@H](CC)C(=O)Nc2cc(F)ccc2F)[nH]c1=O. The normalized spacial score (nSPS) is 11.6. The van der Waals surface area contributed by atoms with Crippen LogP contribution in [0.4, 0.5) is 20.2 Å². The number of nitrogens with zero attached hydrogens (tertiary/aromatic N) is 2. The van der Waals surface area contributed by atoms with E-state index < -0.39 is 28.4 Å². The van der Waals surface area contributed by atoms with Gasteiger partial charge in [0.15, 0.2) is 10.9 Å². The second-order valence-corrected chi connectivity index (χ2v) is 8.07. The molecule has 0 radical (unpaired) electrons. The van der Waals surface area contributed by atoms with Gasteiger partial charge in [-0.05, 0) is 24.6 Å². The molecule has 0 saturated heterocycles. The first-order valence-corrected chi connectivity index (χ1v) is 11.0. The highest BCUT2D eigenvalue weighted by Gasteiger charge is 2.22. The van der Waals surface area contributed by atoms with E-state index in [0.29, 0.717) is 17.7 Å². The van der Waals surface area contributed by atoms with Gasteiger partial charge in [-0.3, -0.25) is 19.4 Å². The van der Waals surface area contributed by atoms with Gasteiger partial charge >= 0.3 is 0 Å². The number of benzene rings is 2. The summed E-state index contributed by atoms with van der Waals surface area (Å²) in [6.45, 7) is 3.44. The molecule has 1 aromatic heterocycles. The van der Waals surface area contributed by atoms with Gasteiger partial charge in [0, 0.05) is 18.1 Å². The van der Waals surface area contributed by atoms with Gasteiger partial charge in [0.2, 0.25) is 11.8 Å². The Balaban J connectivity index is 1.80. The van der Waals surface area contributed by atoms with Crippen LogP contribution in [0.2, 0.25) is 0 Å². The maximum atomic E-state index is 13.8. The summed E-state index contributed by atoms with van der Waals surface area (Å²) >= 11 is 0.936. The standard InChI is InChI=1S/C22H21F2N5O3S/c1-3-17(20(31)26-16-11-12(23)9-10-14(16)24)33-22-27-21(32)19(28-29-22)13-7-5-6-8-15(13)25-18(30)4-2/h5-11,17H,3-4H2,1-2H3,(H,25,30)(H,26,31)(H,27,29,32)/t17-/m1/s1. The second-order valence-electron chi connectivity index (χ2n) is 6.88. The van der Waals surface area contributed by atoms with Crippen LogP contribution in [-0.2, 0) is 9.59 Å². The van der Waals surface area contributed by atoms with Crippen LogP contribution in [0.5, 0.6) is 0 Å². The molecular weight excluding hydrogens is 452 g/mol. The number of carbonyl (C=O) groups is 2. The molecule has 11 heteroatoms. The fraction of sp³-hybridized carbons (Fsp3) is 0.227. The average molecular weight is 474 g/mol. The van der Waals surface area contributed by atoms with Crippen LogP contribution in [-0.4, -0.2) is 32.2 Å². The molecule has 2 aromatic carbocycles. The van der Waals surface area contributed by atoms with Crippen molar-refractivity contribution < 1.29 is 18.4 Å². The predicted molar refractivity (Wildman–Crippen MR) is 122 cm³/mol. The largest absolute Gasteiger partial charge is 0.325 e. The molecule has 0 aliphatic carbocycles. The van der Waals surface area contributed by atoms with E-state index in [-0.39, 0.29) is 28.9 Å². The van der Waals surface area contributed by atoms with Gasteiger partial charge in [0.05, 0.1) is 16.6 Å². The molecule has 0 unspecified atom stereocenters. The molecule has 0 aliphatic rings. The van der Waals surface area contributed by atoms with Crippen LogP contribution < -0.4 is 16.2 Å². The lowest BCUT2D eigenvalue weighted by molar-refractivity contribution is -0.116. The number of hydrogen-bond donors (Lipinski definition) is 3. The molecule has 3 aromatic rings. The van der Waals surface area contributed by atoms with Crippen molar-refractivity contribution in [2.45, 2.75) is 37.1 Å². The summed E-state index contributed by atoms with van der Waals surface area (Å²) in [5.74, 6) is -2.25. The van der Waals surface area contributed by atoms with Gasteiger partial charge < -0.3 is 10.6 Å². The predicted octanol–water partition coefficient (Wildman–Crippen LogP) is 3.97. The van der Waals surface area contributed by atoms with Crippen LogP contribution in [0.3, 0.4) is 0 Å². The van der Waals surface area contributed by atoms with Crippen molar-refractivity contribution in [2.75, 3.05) is 10.6 Å². The highest BCUT2D eigenvalue weighted by atomic mass is 32.2. The van der Waals surface area contributed by atoms with Crippen molar-refractivity contribution in [1.82, 2.24) is 15.2 Å². The number of carbonyl (C=O) groups excluding carboxylic acids is 2. The molecular formula is C22H21F2N5O3S. The first-order valence-electron chi connectivity index (χ1n) is 10.1. The minimum Gasteiger partial charge on any atom is -0.325 e. The number of nitrogens with one attached hydrogen (secondary N) is 3. The third kappa shape index (κ3) is 6.01. The van der Waals surface area contributed by atoms with E-state index >= 15 is 0 Å². The van der Waals surface area contributed by atoms with Crippen molar-refractivity contribution in [3.8, 4) is 11.3 Å². The van der Waals surface area contributed by atoms with Gasteiger partial charge in [0.25, 0.3) is 5.56 Å². The lowest BCUT2D eigenvalue weighted by atomic mass is 10.1. The number of aromatic amines is 1. The van der Waals surface area contributed by atoms with E-state index in [1.54, 1.807) is 38.1 Å². The lowest BCUT2D eigenvalue weighted by Gasteiger charge is -2.14. The quantitative estimate of drug-likeness (QED) is 0.426. The highest BCUT2D eigenvalue weighted by molar-refractivity contribution is 8.00. The average Bonchev–Trinajstić information content (AvgIpc) is 2.80. The number of aromatic nitrogens is 3. The second kappa shape index (κ2) is 10.8. The van der Waals surface area contributed by atoms with E-state index in [1.807, 2.05) is 0 Å². The molecule has 3 N–H and O–H groups in total. The maximum absolute atomic E-state index is 13.8. The summed E-state index contributed by atoms with van der Waals surface area (Å²) in [6, 6.07) is 9.45. The minimum absolute atomic E-state index is 0.00526. The zero-order valence-corrected chi connectivity index (χ0v) is 18.6. The number of H-pyrrole nitrogens is 1. The topological polar surface area (TPSA) is 117 Å². The molecule has 0 bridgehead atoms. The Morgan fingerprint density at radius 2 is 1.82 bits per heavy atom. The van der Waals surface area contributed by atoms with Crippen LogP contribution in [0.1, 0.15) is 26.7 Å². The van der Waals surface area contributed by atoms with Gasteiger partial charge in [-0.15, -0.1) is 10.2 Å². The summed E-state index contributed by atoms with van der Waals surface area (Å²) < 4.78 is 27.2. The zero-order chi connectivity index (χ0) is 24.0. The summed E-state index contributed by atoms with van der Waals surface area (Å²) in [6.07, 6.45) is 0.594. The zero-order valence-electron chi connectivity index (χ0n) is 17.8. The molecule has 33 heavy (non-hydrogen) atoms. The fourth-order valence-electron chi connectivity index (χ4n) is 2.85. The lowest BCUT2D eigenvalue weighted by Crippen LogP contribution is -2.26. The van der Waals surface area contributed by atoms with Gasteiger partial charge in [-0.1, -0.05) is 43.8 Å². The van der Waals surface area contributed by atoms with Crippen LogP contribution in [0, 0.1) is 11.6 Å². The summed E-state index contributed by atoms with van der Waals surface area (Å²) in [5.41, 5.74) is -0.00835. The first-order chi connectivity index (χ1) is 15.8. The maximum Gasteiger partial charge on any atom is 0.278 e. The Morgan fingerprint density at radius 1 is 1.06 bits per heavy atom. The Hall–Kier alpha value is -3.60. The van der Waals surface area contributed by atoms with Crippen molar-refractivity contribution in [3.63, 3.8) is 0 Å². The van der Waals surface area contributed by atoms with E-state index in [2.05, 4.69) is 25.8 Å². The number of rotatable bonds is 8. The van der Waals surface area contributed by atoms with Gasteiger partial charge in [0.1, 0.15) is 11.6 Å². The van der Waals surface area contributed by atoms with Crippen molar-refractivity contribution in [3.05, 3.63) is 64.5 Å².